The lowest BCUT2D eigenvalue weighted by Gasteiger charge is -2.11. The molecule has 0 atom stereocenters. The number of carbonyl (C=O) groups is 1. The Balaban J connectivity index is 1.40. The number of nitrogens with one attached hydrogen (secondary N) is 1. The lowest BCUT2D eigenvalue weighted by atomic mass is 10.2. The standard InChI is InChI=1S/C22H23ClN4O3S/c1-2-27-21(16-6-9-18-19(12-16)30-11-3-10-29-18)25-26-22(27)31-14-20(28)24-13-15-4-7-17(23)8-5-15/h4-9,12H,2-3,10-11,13-14H2,1H3,(H,24,28). The molecule has 0 saturated heterocycles. The number of halogens is 1. The second kappa shape index (κ2) is 10.1. The van der Waals surface area contributed by atoms with Crippen LogP contribution in [-0.2, 0) is 17.9 Å². The quantitative estimate of drug-likeness (QED) is 0.535. The van der Waals surface area contributed by atoms with E-state index in [4.69, 9.17) is 21.1 Å². The minimum absolute atomic E-state index is 0.0669. The van der Waals surface area contributed by atoms with Crippen LogP contribution in [0.1, 0.15) is 18.9 Å². The molecule has 0 aliphatic carbocycles. The molecule has 1 aliphatic rings. The third kappa shape index (κ3) is 5.32. The Morgan fingerprint density at radius 2 is 1.90 bits per heavy atom. The fourth-order valence-electron chi connectivity index (χ4n) is 3.18. The Bertz CT molecular complexity index is 1060. The Labute approximate surface area is 190 Å². The largest absolute Gasteiger partial charge is 0.490 e. The highest BCUT2D eigenvalue weighted by Gasteiger charge is 2.17. The lowest BCUT2D eigenvalue weighted by Crippen LogP contribution is -2.24. The molecule has 2 aromatic carbocycles. The molecule has 0 saturated carbocycles. The number of amides is 1. The van der Waals surface area contributed by atoms with Crippen LogP contribution in [0.2, 0.25) is 5.02 Å². The van der Waals surface area contributed by atoms with E-state index < -0.39 is 0 Å². The number of nitrogens with zero attached hydrogens (tertiary/aromatic N) is 3. The number of ether oxygens (including phenoxy) is 2. The molecule has 1 aromatic heterocycles. The molecule has 0 bridgehead atoms. The highest BCUT2D eigenvalue weighted by atomic mass is 35.5. The van der Waals surface area contributed by atoms with Crippen molar-refractivity contribution in [2.75, 3.05) is 19.0 Å². The Morgan fingerprint density at radius 1 is 1.13 bits per heavy atom. The van der Waals surface area contributed by atoms with Gasteiger partial charge < -0.3 is 19.4 Å². The first-order chi connectivity index (χ1) is 15.1. The van der Waals surface area contributed by atoms with E-state index in [-0.39, 0.29) is 11.7 Å². The Morgan fingerprint density at radius 3 is 2.68 bits per heavy atom. The van der Waals surface area contributed by atoms with E-state index in [1.54, 1.807) is 0 Å². The number of thioether (sulfide) groups is 1. The van der Waals surface area contributed by atoms with Crippen LogP contribution in [0.5, 0.6) is 11.5 Å². The second-order valence-corrected chi connectivity index (χ2v) is 8.33. The summed E-state index contributed by atoms with van der Waals surface area (Å²) in [4.78, 5) is 12.3. The molecular formula is C22H23ClN4O3S. The molecular weight excluding hydrogens is 436 g/mol. The van der Waals surface area contributed by atoms with Gasteiger partial charge in [0.05, 0.1) is 19.0 Å². The third-order valence-corrected chi connectivity index (χ3v) is 5.99. The first-order valence-electron chi connectivity index (χ1n) is 10.1. The molecule has 4 rings (SSSR count). The van der Waals surface area contributed by atoms with E-state index in [0.717, 1.165) is 34.9 Å². The summed E-state index contributed by atoms with van der Waals surface area (Å²) in [6, 6.07) is 13.2. The zero-order chi connectivity index (χ0) is 21.6. The van der Waals surface area contributed by atoms with E-state index >= 15 is 0 Å². The van der Waals surface area contributed by atoms with E-state index in [9.17, 15) is 4.79 Å². The fraction of sp³-hybridized carbons (Fsp3) is 0.318. The van der Waals surface area contributed by atoms with Gasteiger partial charge >= 0.3 is 0 Å². The van der Waals surface area contributed by atoms with Gasteiger partial charge in [0, 0.05) is 30.1 Å². The van der Waals surface area contributed by atoms with Crippen molar-refractivity contribution in [2.45, 2.75) is 31.6 Å². The summed E-state index contributed by atoms with van der Waals surface area (Å²) in [7, 11) is 0. The van der Waals surface area contributed by atoms with E-state index in [1.165, 1.54) is 11.8 Å². The summed E-state index contributed by atoms with van der Waals surface area (Å²) >= 11 is 7.26. The number of fused-ring (bicyclic) bond motifs is 1. The first-order valence-corrected chi connectivity index (χ1v) is 11.5. The van der Waals surface area contributed by atoms with Gasteiger partial charge in [-0.15, -0.1) is 10.2 Å². The molecule has 0 spiro atoms. The number of hydrogen-bond acceptors (Lipinski definition) is 6. The average molecular weight is 459 g/mol. The maximum Gasteiger partial charge on any atom is 0.230 e. The van der Waals surface area contributed by atoms with Crippen molar-refractivity contribution in [1.29, 1.82) is 0 Å². The molecule has 1 N–H and O–H groups in total. The highest BCUT2D eigenvalue weighted by Crippen LogP contribution is 2.34. The summed E-state index contributed by atoms with van der Waals surface area (Å²) in [6.07, 6.45) is 0.857. The smallest absolute Gasteiger partial charge is 0.230 e. The van der Waals surface area contributed by atoms with Crippen molar-refractivity contribution in [1.82, 2.24) is 20.1 Å². The molecule has 0 fully saturated rings. The number of aromatic nitrogens is 3. The summed E-state index contributed by atoms with van der Waals surface area (Å²) in [5.41, 5.74) is 1.90. The van der Waals surface area contributed by atoms with Crippen LogP contribution in [-0.4, -0.2) is 39.6 Å². The normalized spacial score (nSPS) is 13.0. The van der Waals surface area contributed by atoms with Gasteiger partial charge in [-0.05, 0) is 42.8 Å². The van der Waals surface area contributed by atoms with Crippen molar-refractivity contribution in [3.05, 3.63) is 53.1 Å². The van der Waals surface area contributed by atoms with Crippen LogP contribution < -0.4 is 14.8 Å². The Hall–Kier alpha value is -2.71. The predicted octanol–water partition coefficient (Wildman–Crippen LogP) is 4.19. The van der Waals surface area contributed by atoms with Gasteiger partial charge in [0.1, 0.15) is 0 Å². The minimum Gasteiger partial charge on any atom is -0.490 e. The zero-order valence-corrected chi connectivity index (χ0v) is 18.7. The topological polar surface area (TPSA) is 78.3 Å². The molecule has 1 aliphatic heterocycles. The summed E-state index contributed by atoms with van der Waals surface area (Å²) in [6.45, 7) is 4.45. The summed E-state index contributed by atoms with van der Waals surface area (Å²) in [5, 5.41) is 13.0. The molecule has 3 aromatic rings. The van der Waals surface area contributed by atoms with E-state index in [0.29, 0.717) is 36.5 Å². The van der Waals surface area contributed by atoms with Gasteiger partial charge in [-0.2, -0.15) is 0 Å². The fourth-order valence-corrected chi connectivity index (χ4v) is 4.14. The molecule has 7 nitrogen and oxygen atoms in total. The Kier molecular flexibility index (Phi) is 6.99. The van der Waals surface area contributed by atoms with Crippen molar-refractivity contribution in [3.8, 4) is 22.9 Å². The molecule has 1 amide bonds. The second-order valence-electron chi connectivity index (χ2n) is 6.95. The zero-order valence-electron chi connectivity index (χ0n) is 17.1. The predicted molar refractivity (Wildman–Crippen MR) is 121 cm³/mol. The van der Waals surface area contributed by atoms with Crippen LogP contribution in [0.15, 0.2) is 47.6 Å². The van der Waals surface area contributed by atoms with Crippen molar-refractivity contribution >= 4 is 29.3 Å². The van der Waals surface area contributed by atoms with Crippen LogP contribution in [0.25, 0.3) is 11.4 Å². The van der Waals surface area contributed by atoms with Crippen LogP contribution in [0.4, 0.5) is 0 Å². The van der Waals surface area contributed by atoms with Gasteiger partial charge in [0.25, 0.3) is 0 Å². The molecule has 31 heavy (non-hydrogen) atoms. The number of carbonyl (C=O) groups excluding carboxylic acids is 1. The van der Waals surface area contributed by atoms with Gasteiger partial charge in [-0.25, -0.2) is 0 Å². The number of rotatable bonds is 7. The van der Waals surface area contributed by atoms with E-state index in [1.807, 2.05) is 54.0 Å². The van der Waals surface area contributed by atoms with E-state index in [2.05, 4.69) is 15.5 Å². The van der Waals surface area contributed by atoms with Gasteiger partial charge in [-0.1, -0.05) is 35.5 Å². The maximum atomic E-state index is 12.3. The van der Waals surface area contributed by atoms with Crippen molar-refractivity contribution < 1.29 is 14.3 Å². The number of benzene rings is 2. The monoisotopic (exact) mass is 458 g/mol. The number of hydrogen-bond donors (Lipinski definition) is 1. The molecule has 162 valence electrons. The SMILES string of the molecule is CCn1c(SCC(=O)NCc2ccc(Cl)cc2)nnc1-c1ccc2c(c1)OCCCO2. The van der Waals surface area contributed by atoms with Crippen molar-refractivity contribution in [3.63, 3.8) is 0 Å². The maximum absolute atomic E-state index is 12.3. The molecule has 9 heteroatoms. The van der Waals surface area contributed by atoms with Gasteiger partial charge in [0.15, 0.2) is 22.5 Å². The first kappa shape index (κ1) is 21.5. The van der Waals surface area contributed by atoms with Gasteiger partial charge in [-0.3, -0.25) is 4.79 Å². The molecule has 0 unspecified atom stereocenters. The average Bonchev–Trinajstić information content (AvgIpc) is 3.05. The summed E-state index contributed by atoms with van der Waals surface area (Å²) in [5.74, 6) is 2.39. The van der Waals surface area contributed by atoms with Crippen LogP contribution in [0.3, 0.4) is 0 Å². The summed E-state index contributed by atoms with van der Waals surface area (Å²) < 4.78 is 13.5. The highest BCUT2D eigenvalue weighted by molar-refractivity contribution is 7.99. The van der Waals surface area contributed by atoms with Crippen molar-refractivity contribution in [2.24, 2.45) is 0 Å². The molecule has 2 heterocycles. The minimum atomic E-state index is -0.0669. The van der Waals surface area contributed by atoms with Gasteiger partial charge in [0.2, 0.25) is 5.91 Å². The third-order valence-electron chi connectivity index (χ3n) is 4.77. The van der Waals surface area contributed by atoms with Crippen LogP contribution >= 0.6 is 23.4 Å². The lowest BCUT2D eigenvalue weighted by molar-refractivity contribution is -0.118. The molecule has 0 radical (unpaired) electrons. The van der Waals surface area contributed by atoms with Crippen LogP contribution in [0, 0.1) is 0 Å².